The van der Waals surface area contributed by atoms with Crippen LogP contribution in [-0.4, -0.2) is 13.0 Å². The summed E-state index contributed by atoms with van der Waals surface area (Å²) < 4.78 is 26.6. The summed E-state index contributed by atoms with van der Waals surface area (Å²) >= 11 is 0. The maximum atomic E-state index is 8.85. The summed E-state index contributed by atoms with van der Waals surface area (Å²) in [5, 5.41) is 3.77. The van der Waals surface area contributed by atoms with Crippen molar-refractivity contribution in [1.29, 1.82) is 0 Å². The van der Waals surface area contributed by atoms with Gasteiger partial charge in [-0.15, -0.1) is 12.4 Å². The number of nitrogens with two attached hydrogens (primary N) is 1. The molecule has 0 aromatic heterocycles. The van der Waals surface area contributed by atoms with E-state index < -0.39 is 10.3 Å². The van der Waals surface area contributed by atoms with E-state index in [0.29, 0.717) is 0 Å². The summed E-state index contributed by atoms with van der Waals surface area (Å²) in [7, 11) is -4.42. The molecule has 8 heteroatoms. The van der Waals surface area contributed by atoms with Crippen LogP contribution in [0.4, 0.5) is 0 Å². The molecule has 48 valence electrons. The fraction of sp³-hybridized carbons (Fsp3) is 0. The van der Waals surface area contributed by atoms with Crippen LogP contribution >= 0.6 is 12.4 Å². The minimum absolute atomic E-state index is 0. The topological polar surface area (TPSA) is 118 Å². The number of halogens is 1. The first-order valence-corrected chi connectivity index (χ1v) is 2.21. The predicted molar refractivity (Wildman–Crippen MR) is 26.2 cm³/mol. The third-order valence-electron chi connectivity index (χ3n) is 0. The summed E-state index contributed by atoms with van der Waals surface area (Å²) in [6, 6.07) is 0. The Morgan fingerprint density at radius 3 is 1.38 bits per heavy atom. The van der Waals surface area contributed by atoms with Crippen molar-refractivity contribution in [2.75, 3.05) is 0 Å². The van der Waals surface area contributed by atoms with Gasteiger partial charge in [-0.3, -0.25) is 0 Å². The largest absolute Gasteiger partial charge is 1.00 e. The van der Waals surface area contributed by atoms with Crippen molar-refractivity contribution >= 4 is 22.7 Å². The molecular weight excluding hydrogens is 167 g/mol. The Balaban J connectivity index is -0.0000000267. The van der Waals surface area contributed by atoms with Gasteiger partial charge in [0.25, 0.3) is 0 Å². The standard InChI is InChI=1S/ClH.H3NO3S.H3N.Na/c;1-5(2,3)4;;/h1H;(H3,1,2,3,4);1H3;/q;;;+1/p-1. The molecule has 5 nitrogen and oxygen atoms in total. The van der Waals surface area contributed by atoms with Crippen LogP contribution in [0.5, 0.6) is 0 Å². The first-order valence-electron chi connectivity index (χ1n) is 0.736. The van der Waals surface area contributed by atoms with Crippen LogP contribution in [0, 0.1) is 0 Å². The van der Waals surface area contributed by atoms with Crippen molar-refractivity contribution in [2.24, 2.45) is 5.14 Å². The van der Waals surface area contributed by atoms with Gasteiger partial charge in [-0.25, -0.2) is 13.6 Å². The SMILES string of the molecule is Cl.N.NS(=O)(=O)[O-].[Na+]. The summed E-state index contributed by atoms with van der Waals surface area (Å²) in [4.78, 5) is 0. The summed E-state index contributed by atoms with van der Waals surface area (Å²) in [5.74, 6) is 0. The van der Waals surface area contributed by atoms with E-state index in [1.54, 1.807) is 0 Å². The number of rotatable bonds is 0. The van der Waals surface area contributed by atoms with E-state index in [-0.39, 0.29) is 48.1 Å². The fourth-order valence-electron chi connectivity index (χ4n) is 0. The van der Waals surface area contributed by atoms with Gasteiger partial charge >= 0.3 is 29.6 Å². The summed E-state index contributed by atoms with van der Waals surface area (Å²) in [6.45, 7) is 0. The van der Waals surface area contributed by atoms with Crippen molar-refractivity contribution < 1.29 is 42.5 Å². The first-order chi connectivity index (χ1) is 2.00. The maximum absolute atomic E-state index is 8.85. The number of hydrogen-bond donors (Lipinski definition) is 2. The molecule has 0 atom stereocenters. The molecule has 0 heterocycles. The Bertz CT molecular complexity index is 100. The van der Waals surface area contributed by atoms with Crippen molar-refractivity contribution in [3.63, 3.8) is 0 Å². The van der Waals surface area contributed by atoms with Crippen molar-refractivity contribution in [2.45, 2.75) is 0 Å². The van der Waals surface area contributed by atoms with E-state index in [4.69, 9.17) is 13.0 Å². The van der Waals surface area contributed by atoms with Gasteiger partial charge in [-0.1, -0.05) is 0 Å². The monoisotopic (exact) mass is 172 g/mol. The quantitative estimate of drug-likeness (QED) is 0.286. The second-order valence-corrected chi connectivity index (χ2v) is 1.48. The van der Waals surface area contributed by atoms with Crippen LogP contribution in [0.2, 0.25) is 0 Å². The first kappa shape index (κ1) is 22.9. The Morgan fingerprint density at radius 2 is 1.38 bits per heavy atom. The van der Waals surface area contributed by atoms with E-state index in [0.717, 1.165) is 0 Å². The molecule has 0 aliphatic rings. The van der Waals surface area contributed by atoms with E-state index >= 15 is 0 Å². The molecule has 0 aliphatic carbocycles. The minimum atomic E-state index is -4.42. The molecule has 0 radical (unpaired) electrons. The molecule has 0 saturated carbocycles. The van der Waals surface area contributed by atoms with Crippen molar-refractivity contribution in [3.05, 3.63) is 0 Å². The van der Waals surface area contributed by atoms with E-state index in [1.807, 2.05) is 0 Å². The van der Waals surface area contributed by atoms with Crippen LogP contribution < -0.4 is 40.8 Å². The summed E-state index contributed by atoms with van der Waals surface area (Å²) in [6.07, 6.45) is 0. The Morgan fingerprint density at radius 1 is 1.38 bits per heavy atom. The van der Waals surface area contributed by atoms with Gasteiger partial charge < -0.3 is 10.7 Å². The number of hydrogen-bond acceptors (Lipinski definition) is 4. The maximum Gasteiger partial charge on any atom is 1.00 e. The molecule has 0 fully saturated rings. The Kier molecular flexibility index (Phi) is 23.3. The molecule has 0 amide bonds. The zero-order valence-corrected chi connectivity index (χ0v) is 7.96. The smallest absolute Gasteiger partial charge is 0.736 e. The average molecular weight is 173 g/mol. The molecule has 0 rings (SSSR count). The van der Waals surface area contributed by atoms with Gasteiger partial charge in [0.1, 0.15) is 0 Å². The average Bonchev–Trinajstić information content (AvgIpc) is 0.722. The molecule has 0 aromatic rings. The zero-order chi connectivity index (χ0) is 4.50. The van der Waals surface area contributed by atoms with Gasteiger partial charge in [-0.2, -0.15) is 0 Å². The molecule has 0 unspecified atom stereocenters. The van der Waals surface area contributed by atoms with Crippen LogP contribution in [-0.2, 0) is 10.3 Å². The van der Waals surface area contributed by atoms with Gasteiger partial charge in [0.2, 0.25) is 0 Å². The fourth-order valence-corrected chi connectivity index (χ4v) is 0. The zero-order valence-electron chi connectivity index (χ0n) is 4.33. The van der Waals surface area contributed by atoms with E-state index in [9.17, 15) is 0 Å². The molecule has 0 aromatic carbocycles. The Labute approximate surface area is 76.2 Å². The predicted octanol–water partition coefficient (Wildman–Crippen LogP) is -4.01. The normalized spacial score (nSPS) is 7.25. The van der Waals surface area contributed by atoms with Crippen LogP contribution in [0.1, 0.15) is 0 Å². The van der Waals surface area contributed by atoms with Gasteiger partial charge in [0.15, 0.2) is 10.3 Å². The van der Waals surface area contributed by atoms with E-state index in [1.165, 1.54) is 0 Å². The van der Waals surface area contributed by atoms with Crippen LogP contribution in [0.25, 0.3) is 0 Å². The van der Waals surface area contributed by atoms with Gasteiger partial charge in [-0.05, 0) is 0 Å². The molecule has 0 aliphatic heterocycles. The molecule has 0 spiro atoms. The van der Waals surface area contributed by atoms with Crippen molar-refractivity contribution in [1.82, 2.24) is 6.15 Å². The molecular formula is H6ClN2NaO3S. The molecule has 8 heavy (non-hydrogen) atoms. The molecule has 5 N–H and O–H groups in total. The summed E-state index contributed by atoms with van der Waals surface area (Å²) in [5.41, 5.74) is 0. The van der Waals surface area contributed by atoms with Gasteiger partial charge in [0.05, 0.1) is 0 Å². The minimum Gasteiger partial charge on any atom is -0.736 e. The van der Waals surface area contributed by atoms with Crippen LogP contribution in [0.15, 0.2) is 0 Å². The third-order valence-corrected chi connectivity index (χ3v) is 0. The second kappa shape index (κ2) is 8.12. The Hall–Kier alpha value is 1.12. The third kappa shape index (κ3) is 213. The van der Waals surface area contributed by atoms with Crippen LogP contribution in [0.3, 0.4) is 0 Å². The van der Waals surface area contributed by atoms with Gasteiger partial charge in [0, 0.05) is 0 Å². The second-order valence-electron chi connectivity index (χ2n) is 0.493. The molecule has 0 bridgehead atoms. The van der Waals surface area contributed by atoms with Crippen molar-refractivity contribution in [3.8, 4) is 0 Å². The van der Waals surface area contributed by atoms with E-state index in [2.05, 4.69) is 5.14 Å². The molecule has 0 saturated heterocycles.